The molecule has 23 heavy (non-hydrogen) atoms. The third-order valence-corrected chi connectivity index (χ3v) is 3.98. The molecule has 2 aromatic rings. The van der Waals surface area contributed by atoms with E-state index in [9.17, 15) is 0 Å². The van der Waals surface area contributed by atoms with Crippen molar-refractivity contribution in [1.82, 2.24) is 5.32 Å². The van der Waals surface area contributed by atoms with Gasteiger partial charge in [0.2, 0.25) is 0 Å². The van der Waals surface area contributed by atoms with Crippen LogP contribution in [0.5, 0.6) is 11.5 Å². The van der Waals surface area contributed by atoms with Crippen molar-refractivity contribution in [1.29, 1.82) is 0 Å². The summed E-state index contributed by atoms with van der Waals surface area (Å²) in [5, 5.41) is 3.89. The van der Waals surface area contributed by atoms with Crippen molar-refractivity contribution in [3.8, 4) is 11.5 Å². The lowest BCUT2D eigenvalue weighted by atomic mass is 10.2. The first-order valence-electron chi connectivity index (χ1n) is 7.19. The van der Waals surface area contributed by atoms with Gasteiger partial charge in [-0.15, -0.1) is 0 Å². The van der Waals surface area contributed by atoms with Gasteiger partial charge in [-0.2, -0.15) is 0 Å². The zero-order valence-corrected chi connectivity index (χ0v) is 13.8. The number of anilines is 1. The molecule has 0 unspecified atom stereocenters. The Morgan fingerprint density at radius 1 is 0.957 bits per heavy atom. The van der Waals surface area contributed by atoms with Gasteiger partial charge in [0.15, 0.2) is 6.67 Å². The first-order valence-corrected chi connectivity index (χ1v) is 7.60. The Morgan fingerprint density at radius 3 is 2.04 bits per heavy atom. The maximum absolute atomic E-state index is 5.49. The van der Waals surface area contributed by atoms with Gasteiger partial charge < -0.3 is 9.47 Å². The maximum Gasteiger partial charge on any atom is 0.283 e. The van der Waals surface area contributed by atoms with Crippen molar-refractivity contribution >= 4 is 28.9 Å². The Bertz CT molecular complexity index is 727. The van der Waals surface area contributed by atoms with E-state index in [0.717, 1.165) is 28.6 Å². The molecule has 0 atom stereocenters. The lowest BCUT2D eigenvalue weighted by molar-refractivity contribution is -0.457. The predicted octanol–water partition coefficient (Wildman–Crippen LogP) is 0.883. The van der Waals surface area contributed by atoms with Crippen molar-refractivity contribution in [2.75, 3.05) is 25.8 Å². The highest BCUT2D eigenvalue weighted by atomic mass is 32.1. The molecule has 0 bridgehead atoms. The van der Waals surface area contributed by atoms with Gasteiger partial charge in [-0.05, 0) is 60.7 Å². The first kappa shape index (κ1) is 15.3. The van der Waals surface area contributed by atoms with Gasteiger partial charge in [0.05, 0.1) is 19.8 Å². The Hall–Kier alpha value is -2.60. The van der Waals surface area contributed by atoms with E-state index < -0.39 is 0 Å². The van der Waals surface area contributed by atoms with E-state index in [1.54, 1.807) is 14.2 Å². The average Bonchev–Trinajstić information content (AvgIpc) is 2.62. The predicted molar refractivity (Wildman–Crippen MR) is 94.1 cm³/mol. The molecule has 0 saturated carbocycles. The molecule has 1 aliphatic heterocycles. The minimum Gasteiger partial charge on any atom is -0.497 e. The number of hydrogen-bond acceptors (Lipinski definition) is 3. The van der Waals surface area contributed by atoms with Crippen LogP contribution in [-0.4, -0.2) is 31.8 Å². The van der Waals surface area contributed by atoms with E-state index in [-0.39, 0.29) is 0 Å². The van der Waals surface area contributed by atoms with Crippen LogP contribution in [0.2, 0.25) is 0 Å². The molecule has 0 amide bonds. The van der Waals surface area contributed by atoms with Crippen LogP contribution in [0.3, 0.4) is 0 Å². The van der Waals surface area contributed by atoms with Gasteiger partial charge in [0.1, 0.15) is 11.5 Å². The summed E-state index contributed by atoms with van der Waals surface area (Å²) in [6, 6.07) is 15.6. The van der Waals surface area contributed by atoms with E-state index >= 15 is 0 Å². The molecule has 5 nitrogen and oxygen atoms in total. The van der Waals surface area contributed by atoms with Crippen LogP contribution in [0.4, 0.5) is 5.69 Å². The van der Waals surface area contributed by atoms with Gasteiger partial charge in [0, 0.05) is 5.69 Å². The highest BCUT2D eigenvalue weighted by Crippen LogP contribution is 2.19. The van der Waals surface area contributed by atoms with E-state index in [0.29, 0.717) is 11.8 Å². The summed E-state index contributed by atoms with van der Waals surface area (Å²) < 4.78 is 10.4. The molecule has 0 saturated heterocycles. The molecule has 118 valence electrons. The molecule has 0 aromatic heterocycles. The van der Waals surface area contributed by atoms with E-state index in [4.69, 9.17) is 21.7 Å². The molecule has 0 aliphatic carbocycles. The molecule has 1 aliphatic rings. The maximum atomic E-state index is 5.49. The Morgan fingerprint density at radius 2 is 1.52 bits per heavy atom. The highest BCUT2D eigenvalue weighted by Gasteiger charge is 2.25. The number of ether oxygens (including phenoxy) is 2. The van der Waals surface area contributed by atoms with Crippen molar-refractivity contribution in [2.45, 2.75) is 0 Å². The second-order valence-corrected chi connectivity index (χ2v) is 5.38. The Kier molecular flexibility index (Phi) is 4.43. The second kappa shape index (κ2) is 6.66. The van der Waals surface area contributed by atoms with Gasteiger partial charge in [-0.25, -0.2) is 5.32 Å². The number of methoxy groups -OCH3 is 2. The third-order valence-electron chi connectivity index (χ3n) is 3.65. The number of amidine groups is 1. The van der Waals surface area contributed by atoms with Crippen LogP contribution in [0.1, 0.15) is 5.56 Å². The smallest absolute Gasteiger partial charge is 0.283 e. The van der Waals surface area contributed by atoms with Crippen molar-refractivity contribution in [2.24, 2.45) is 0 Å². The fourth-order valence-corrected chi connectivity index (χ4v) is 2.62. The standard InChI is InChI=1S/C17H17N3O2S/c1-21-14-7-3-12(4-8-14)16-18-11-20(17(23)19-16)13-5-9-15(22-2)10-6-13/h3-10H,11H2,1-2H3,(H,18,19,23)/p+1. The fraction of sp³-hybridized carbons (Fsp3) is 0.176. The lowest BCUT2D eigenvalue weighted by Gasteiger charge is -2.24. The Balaban J connectivity index is 1.78. The summed E-state index contributed by atoms with van der Waals surface area (Å²) in [7, 11) is 3.31. The zero-order chi connectivity index (χ0) is 16.2. The van der Waals surface area contributed by atoms with Gasteiger partial charge in [0.25, 0.3) is 10.9 Å². The van der Waals surface area contributed by atoms with Gasteiger partial charge in [-0.1, -0.05) is 0 Å². The summed E-state index contributed by atoms with van der Waals surface area (Å²) in [6.45, 7) is 0.597. The molecule has 2 N–H and O–H groups in total. The average molecular weight is 328 g/mol. The largest absolute Gasteiger partial charge is 0.497 e. The van der Waals surface area contributed by atoms with Gasteiger partial charge >= 0.3 is 0 Å². The molecule has 0 radical (unpaired) electrons. The molecule has 0 fully saturated rings. The van der Waals surface area contributed by atoms with Crippen molar-refractivity contribution in [3.63, 3.8) is 0 Å². The topological polar surface area (TPSA) is 47.7 Å². The van der Waals surface area contributed by atoms with E-state index in [2.05, 4.69) is 10.3 Å². The minimum absolute atomic E-state index is 0.597. The molecule has 2 aromatic carbocycles. The molecular formula is C17H18N3O2S+. The zero-order valence-electron chi connectivity index (χ0n) is 13.0. The lowest BCUT2D eigenvalue weighted by Crippen LogP contribution is -2.85. The van der Waals surface area contributed by atoms with Crippen LogP contribution >= 0.6 is 12.2 Å². The third kappa shape index (κ3) is 3.27. The van der Waals surface area contributed by atoms with Crippen LogP contribution in [-0.2, 0) is 0 Å². The highest BCUT2D eigenvalue weighted by molar-refractivity contribution is 7.80. The monoisotopic (exact) mass is 328 g/mol. The number of benzene rings is 2. The van der Waals surface area contributed by atoms with Crippen LogP contribution in [0.15, 0.2) is 48.5 Å². The van der Waals surface area contributed by atoms with E-state index in [1.165, 1.54) is 0 Å². The number of rotatable bonds is 4. The van der Waals surface area contributed by atoms with Crippen LogP contribution in [0, 0.1) is 0 Å². The minimum atomic E-state index is 0.597. The normalized spacial score (nSPS) is 14.1. The molecular weight excluding hydrogens is 310 g/mol. The second-order valence-electron chi connectivity index (χ2n) is 4.99. The summed E-state index contributed by atoms with van der Waals surface area (Å²) in [4.78, 5) is 5.34. The van der Waals surface area contributed by atoms with E-state index in [1.807, 2.05) is 53.4 Å². The van der Waals surface area contributed by atoms with Crippen LogP contribution < -0.4 is 24.7 Å². The molecule has 3 rings (SSSR count). The van der Waals surface area contributed by atoms with Gasteiger partial charge in [-0.3, -0.25) is 9.89 Å². The van der Waals surface area contributed by atoms with Crippen molar-refractivity contribution < 1.29 is 14.5 Å². The summed E-state index contributed by atoms with van der Waals surface area (Å²) >= 11 is 5.49. The number of hydrogen-bond donors (Lipinski definition) is 2. The SMILES string of the molecule is COc1ccc(C2=[NH+]CN(c3ccc(OC)cc3)C(=S)N2)cc1. The van der Waals surface area contributed by atoms with Crippen molar-refractivity contribution in [3.05, 3.63) is 54.1 Å². The summed E-state index contributed by atoms with van der Waals surface area (Å²) in [5.74, 6) is 2.54. The number of thiocarbonyl (C=S) groups is 1. The number of nitrogens with zero attached hydrogens (tertiary/aromatic N) is 1. The molecule has 0 spiro atoms. The first-order chi connectivity index (χ1) is 11.2. The van der Waals surface area contributed by atoms with Crippen LogP contribution in [0.25, 0.3) is 0 Å². The molecule has 6 heteroatoms. The summed E-state index contributed by atoms with van der Waals surface area (Å²) in [6.07, 6.45) is 0. The molecule has 1 heterocycles. The quantitative estimate of drug-likeness (QED) is 0.816. The number of nitrogens with one attached hydrogen (secondary N) is 2. The summed E-state index contributed by atoms with van der Waals surface area (Å²) in [5.41, 5.74) is 2.03. The fourth-order valence-electron chi connectivity index (χ4n) is 2.35. The Labute approximate surface area is 140 Å².